The van der Waals surface area contributed by atoms with Crippen LogP contribution in [-0.2, 0) is 16.1 Å². The number of methoxy groups -OCH3 is 1. The number of nitrogens with zero attached hydrogens (tertiary/aromatic N) is 3. The first kappa shape index (κ1) is 29.2. The molecule has 0 saturated heterocycles. The second kappa shape index (κ2) is 12.3. The van der Waals surface area contributed by atoms with E-state index in [0.29, 0.717) is 38.2 Å². The van der Waals surface area contributed by atoms with E-state index in [1.165, 1.54) is 35.1 Å². The summed E-state index contributed by atoms with van der Waals surface area (Å²) in [7, 11) is 1.31. The summed E-state index contributed by atoms with van der Waals surface area (Å²) >= 11 is 14.2. The Balaban J connectivity index is 1.53. The lowest BCUT2D eigenvalue weighted by Gasteiger charge is -2.25. The van der Waals surface area contributed by atoms with Crippen LogP contribution < -0.4 is 19.6 Å². The highest BCUT2D eigenvalue weighted by atomic mass is 35.5. The number of carbonyl (C=O) groups is 1. The predicted octanol–water partition coefficient (Wildman–Crippen LogP) is 5.59. The second-order valence-electron chi connectivity index (χ2n) is 9.23. The topological polar surface area (TPSA) is 113 Å². The molecule has 12 heteroatoms. The number of ether oxygens (including phenoxy) is 2. The van der Waals surface area contributed by atoms with E-state index >= 15 is 0 Å². The van der Waals surface area contributed by atoms with Crippen molar-refractivity contribution in [2.45, 2.75) is 26.0 Å². The van der Waals surface area contributed by atoms with Crippen LogP contribution in [0.25, 0.3) is 6.08 Å². The number of hydrogen-bond acceptors (Lipinski definition) is 8. The van der Waals surface area contributed by atoms with Crippen molar-refractivity contribution in [3.8, 4) is 5.75 Å². The van der Waals surface area contributed by atoms with E-state index in [1.807, 2.05) is 37.3 Å². The lowest BCUT2D eigenvalue weighted by atomic mass is 9.95. The number of nitro groups is 1. The molecule has 0 aliphatic carbocycles. The van der Waals surface area contributed by atoms with Gasteiger partial charge >= 0.3 is 5.97 Å². The van der Waals surface area contributed by atoms with Gasteiger partial charge in [0.15, 0.2) is 10.6 Å². The van der Waals surface area contributed by atoms with Crippen LogP contribution >= 0.6 is 34.5 Å². The number of hydrogen-bond donors (Lipinski definition) is 0. The van der Waals surface area contributed by atoms with Crippen molar-refractivity contribution in [2.75, 3.05) is 7.11 Å². The summed E-state index contributed by atoms with van der Waals surface area (Å²) in [4.78, 5) is 42.4. The molecule has 0 radical (unpaired) electrons. The molecule has 0 spiro atoms. The van der Waals surface area contributed by atoms with Gasteiger partial charge < -0.3 is 9.47 Å². The van der Waals surface area contributed by atoms with Crippen LogP contribution in [0.2, 0.25) is 10.0 Å². The lowest BCUT2D eigenvalue weighted by molar-refractivity contribution is -0.384. The van der Waals surface area contributed by atoms with Crippen molar-refractivity contribution in [3.05, 3.63) is 135 Å². The first-order valence-corrected chi connectivity index (χ1v) is 14.3. The SMILES string of the molecule is CCC1=C(C(=O)OC)[C@@H](c2ccccc2)n2c(s/c(=C\c3cc(Cl)c(OCc4cccc([N+](=O)[O-])c4)c(Cl)c3)c2=O)=N1. The van der Waals surface area contributed by atoms with E-state index < -0.39 is 16.9 Å². The number of fused-ring (bicyclic) bond motifs is 1. The maximum atomic E-state index is 13.8. The Morgan fingerprint density at radius 2 is 1.83 bits per heavy atom. The molecular formula is C30H23Cl2N3O6S. The predicted molar refractivity (Wildman–Crippen MR) is 161 cm³/mol. The van der Waals surface area contributed by atoms with Gasteiger partial charge in [-0.2, -0.15) is 0 Å². The summed E-state index contributed by atoms with van der Waals surface area (Å²) in [5, 5.41) is 11.5. The zero-order valence-corrected chi connectivity index (χ0v) is 24.7. The van der Waals surface area contributed by atoms with Crippen LogP contribution in [0.1, 0.15) is 36.1 Å². The molecule has 1 atom stereocenters. The van der Waals surface area contributed by atoms with Gasteiger partial charge in [-0.25, -0.2) is 9.79 Å². The molecule has 1 aliphatic heterocycles. The fourth-order valence-corrected chi connectivity index (χ4v) is 6.32. The number of carbonyl (C=O) groups excluding carboxylic acids is 1. The highest BCUT2D eigenvalue weighted by molar-refractivity contribution is 7.07. The van der Waals surface area contributed by atoms with E-state index in [9.17, 15) is 19.7 Å². The average Bonchev–Trinajstić information content (AvgIpc) is 3.29. The monoisotopic (exact) mass is 623 g/mol. The number of nitro benzene ring substituents is 1. The third-order valence-electron chi connectivity index (χ3n) is 6.59. The maximum absolute atomic E-state index is 13.8. The average molecular weight is 625 g/mol. The van der Waals surface area contributed by atoms with Gasteiger partial charge in [-0.15, -0.1) is 0 Å². The van der Waals surface area contributed by atoms with Gasteiger partial charge in [0.2, 0.25) is 0 Å². The number of halogens is 2. The Labute approximate surface area is 253 Å². The molecule has 42 heavy (non-hydrogen) atoms. The Morgan fingerprint density at radius 3 is 2.48 bits per heavy atom. The summed E-state index contributed by atoms with van der Waals surface area (Å²) in [5.41, 5.74) is 2.38. The molecule has 0 unspecified atom stereocenters. The van der Waals surface area contributed by atoms with Crippen LogP contribution in [0.5, 0.6) is 5.75 Å². The molecule has 1 aromatic heterocycles. The van der Waals surface area contributed by atoms with Crippen molar-refractivity contribution in [1.29, 1.82) is 0 Å². The van der Waals surface area contributed by atoms with Crippen molar-refractivity contribution in [3.63, 3.8) is 0 Å². The lowest BCUT2D eigenvalue weighted by Crippen LogP contribution is -2.40. The van der Waals surface area contributed by atoms with E-state index in [2.05, 4.69) is 4.99 Å². The van der Waals surface area contributed by atoms with Gasteiger partial charge in [0.1, 0.15) is 6.61 Å². The summed E-state index contributed by atoms with van der Waals surface area (Å²) < 4.78 is 12.8. The molecule has 0 amide bonds. The molecule has 9 nitrogen and oxygen atoms in total. The van der Waals surface area contributed by atoms with E-state index in [1.54, 1.807) is 30.3 Å². The smallest absolute Gasteiger partial charge is 0.338 e. The molecule has 4 aromatic rings. The number of esters is 1. The number of benzene rings is 3. The van der Waals surface area contributed by atoms with Crippen LogP contribution in [0.4, 0.5) is 5.69 Å². The number of thiazole rings is 1. The third kappa shape index (κ3) is 5.74. The highest BCUT2D eigenvalue weighted by Gasteiger charge is 2.33. The van der Waals surface area contributed by atoms with Gasteiger partial charge in [-0.1, -0.05) is 83.9 Å². The molecule has 214 valence electrons. The number of rotatable bonds is 8. The normalized spacial score (nSPS) is 14.8. The molecule has 1 aliphatic rings. The van der Waals surface area contributed by atoms with E-state index in [0.717, 1.165) is 5.56 Å². The molecule has 0 N–H and O–H groups in total. The van der Waals surface area contributed by atoms with E-state index in [-0.39, 0.29) is 33.6 Å². The molecule has 2 heterocycles. The van der Waals surface area contributed by atoms with Crippen molar-refractivity contribution in [2.24, 2.45) is 4.99 Å². The van der Waals surface area contributed by atoms with Crippen molar-refractivity contribution in [1.82, 2.24) is 4.57 Å². The second-order valence-corrected chi connectivity index (χ2v) is 11.1. The van der Waals surface area contributed by atoms with Crippen LogP contribution in [0.15, 0.2) is 87.8 Å². The zero-order chi connectivity index (χ0) is 30.0. The van der Waals surface area contributed by atoms with Gasteiger partial charge in [-0.3, -0.25) is 19.5 Å². The van der Waals surface area contributed by atoms with Gasteiger partial charge in [-0.05, 0) is 41.3 Å². The highest BCUT2D eigenvalue weighted by Crippen LogP contribution is 2.35. The Hall–Kier alpha value is -4.25. The number of allylic oxidation sites excluding steroid dienone is 1. The third-order valence-corrected chi connectivity index (χ3v) is 8.13. The number of aromatic nitrogens is 1. The molecule has 0 fully saturated rings. The van der Waals surface area contributed by atoms with Crippen LogP contribution in [0.3, 0.4) is 0 Å². The minimum atomic E-state index is -0.705. The van der Waals surface area contributed by atoms with Crippen molar-refractivity contribution < 1.29 is 19.2 Å². The van der Waals surface area contributed by atoms with E-state index in [4.69, 9.17) is 32.7 Å². The summed E-state index contributed by atoms with van der Waals surface area (Å²) in [5.74, 6) is -0.333. The maximum Gasteiger partial charge on any atom is 0.338 e. The fourth-order valence-electron chi connectivity index (χ4n) is 4.68. The number of non-ortho nitro benzene ring substituents is 1. The zero-order valence-electron chi connectivity index (χ0n) is 22.4. The molecule has 0 saturated carbocycles. The molecular weight excluding hydrogens is 601 g/mol. The minimum absolute atomic E-state index is 0.0147. The first-order valence-electron chi connectivity index (χ1n) is 12.7. The standard InChI is InChI=1S/C30H23Cl2N3O6S/c1-3-23-25(29(37)40-2)26(19-9-5-4-6-10-19)34-28(36)24(42-30(34)33-23)15-18-13-21(31)27(22(32)14-18)41-16-17-8-7-11-20(12-17)35(38)39/h4-15,26H,3,16H2,1-2H3/b24-15-/t26-/m1/s1. The minimum Gasteiger partial charge on any atom is -0.486 e. The van der Waals surface area contributed by atoms with Gasteiger partial charge in [0.05, 0.1) is 43.9 Å². The Kier molecular flexibility index (Phi) is 8.58. The largest absolute Gasteiger partial charge is 0.486 e. The summed E-state index contributed by atoms with van der Waals surface area (Å²) in [6, 6.07) is 17.9. The van der Waals surface area contributed by atoms with Crippen LogP contribution in [0, 0.1) is 10.1 Å². The quantitative estimate of drug-likeness (QED) is 0.144. The van der Waals surface area contributed by atoms with Gasteiger partial charge in [0, 0.05) is 12.1 Å². The first-order chi connectivity index (χ1) is 20.2. The van der Waals surface area contributed by atoms with Gasteiger partial charge in [0.25, 0.3) is 11.2 Å². The Bertz CT molecular complexity index is 1890. The van der Waals surface area contributed by atoms with Crippen molar-refractivity contribution >= 4 is 52.3 Å². The molecule has 5 rings (SSSR count). The summed E-state index contributed by atoms with van der Waals surface area (Å²) in [6.45, 7) is 1.91. The molecule has 3 aromatic carbocycles. The Morgan fingerprint density at radius 1 is 1.12 bits per heavy atom. The molecule has 0 bridgehead atoms. The summed E-state index contributed by atoms with van der Waals surface area (Å²) in [6.07, 6.45) is 2.13. The van der Waals surface area contributed by atoms with Crippen LogP contribution in [-0.4, -0.2) is 22.6 Å². The fraction of sp³-hybridized carbons (Fsp3) is 0.167.